The molecular weight excluding hydrogens is 382 g/mol. The van der Waals surface area contributed by atoms with Crippen LogP contribution in [0.2, 0.25) is 5.02 Å². The summed E-state index contributed by atoms with van der Waals surface area (Å²) >= 11 is 6.12. The van der Waals surface area contributed by atoms with E-state index in [2.05, 4.69) is 49.8 Å². The zero-order chi connectivity index (χ0) is 19.9. The average molecular weight is 406 g/mol. The number of nitrogens with zero attached hydrogens (tertiary/aromatic N) is 3. The van der Waals surface area contributed by atoms with Gasteiger partial charge in [0.05, 0.1) is 0 Å². The predicted octanol–water partition coefficient (Wildman–Crippen LogP) is 5.21. The van der Waals surface area contributed by atoms with Gasteiger partial charge in [-0.1, -0.05) is 48.0 Å². The van der Waals surface area contributed by atoms with Crippen molar-refractivity contribution in [3.8, 4) is 11.1 Å². The number of hydrogen-bond acceptors (Lipinski definition) is 5. The van der Waals surface area contributed by atoms with Crippen LogP contribution in [0.1, 0.15) is 6.42 Å². The lowest BCUT2D eigenvalue weighted by Crippen LogP contribution is -2.23. The third-order valence-corrected chi connectivity index (χ3v) is 5.02. The maximum absolute atomic E-state index is 6.12. The van der Waals surface area contributed by atoms with Crippen molar-refractivity contribution in [3.63, 3.8) is 0 Å². The fourth-order valence-electron chi connectivity index (χ4n) is 3.31. The predicted molar refractivity (Wildman–Crippen MR) is 121 cm³/mol. The highest BCUT2D eigenvalue weighted by molar-refractivity contribution is 6.30. The van der Waals surface area contributed by atoms with E-state index in [4.69, 9.17) is 11.6 Å². The molecule has 0 saturated heterocycles. The van der Waals surface area contributed by atoms with E-state index in [-0.39, 0.29) is 0 Å². The first-order valence-corrected chi connectivity index (χ1v) is 10.2. The fourth-order valence-corrected chi connectivity index (χ4v) is 3.50. The Morgan fingerprint density at radius 1 is 0.966 bits per heavy atom. The molecule has 1 aromatic heterocycles. The first-order chi connectivity index (χ1) is 14.3. The van der Waals surface area contributed by atoms with Gasteiger partial charge in [0.15, 0.2) is 0 Å². The molecule has 2 heterocycles. The fraction of sp³-hybridized carbons (Fsp3) is 0.217. The lowest BCUT2D eigenvalue weighted by molar-refractivity contribution is 0.351. The largest absolute Gasteiger partial charge is 0.370 e. The Kier molecular flexibility index (Phi) is 6.39. The van der Waals surface area contributed by atoms with E-state index in [1.165, 1.54) is 0 Å². The van der Waals surface area contributed by atoms with E-state index >= 15 is 0 Å². The topological polar surface area (TPSA) is 53.1 Å². The Bertz CT molecular complexity index is 980. The third-order valence-electron chi connectivity index (χ3n) is 4.78. The molecule has 0 amide bonds. The zero-order valence-corrected chi connectivity index (χ0v) is 16.9. The van der Waals surface area contributed by atoms with Gasteiger partial charge in [0.2, 0.25) is 5.95 Å². The molecule has 1 aliphatic heterocycles. The van der Waals surface area contributed by atoms with Gasteiger partial charge in [-0.3, -0.25) is 4.90 Å². The molecule has 0 bridgehead atoms. The summed E-state index contributed by atoms with van der Waals surface area (Å²) in [6.45, 7) is 4.11. The molecule has 0 radical (unpaired) electrons. The van der Waals surface area contributed by atoms with Crippen LogP contribution in [0.4, 0.5) is 17.5 Å². The van der Waals surface area contributed by atoms with Gasteiger partial charge in [-0.15, -0.1) is 0 Å². The highest BCUT2D eigenvalue weighted by atomic mass is 35.5. The molecule has 3 aromatic rings. The lowest BCUT2D eigenvalue weighted by Gasteiger charge is -2.14. The van der Waals surface area contributed by atoms with Crippen molar-refractivity contribution in [2.45, 2.75) is 6.42 Å². The molecule has 0 atom stereocenters. The Morgan fingerprint density at radius 3 is 2.59 bits per heavy atom. The molecule has 0 fully saturated rings. The highest BCUT2D eigenvalue weighted by Gasteiger charge is 2.06. The van der Waals surface area contributed by atoms with E-state index in [0.29, 0.717) is 5.95 Å². The minimum atomic E-state index is 0.571. The van der Waals surface area contributed by atoms with Gasteiger partial charge in [-0.25, -0.2) is 4.98 Å². The maximum Gasteiger partial charge on any atom is 0.229 e. The van der Waals surface area contributed by atoms with Crippen LogP contribution in [0.15, 0.2) is 72.9 Å². The minimum absolute atomic E-state index is 0.571. The summed E-state index contributed by atoms with van der Waals surface area (Å²) in [5, 5.41) is 7.40. The highest BCUT2D eigenvalue weighted by Crippen LogP contribution is 2.26. The van der Waals surface area contributed by atoms with Crippen LogP contribution < -0.4 is 10.6 Å². The van der Waals surface area contributed by atoms with E-state index < -0.39 is 0 Å². The molecule has 148 valence electrons. The first kappa shape index (κ1) is 19.4. The smallest absolute Gasteiger partial charge is 0.229 e. The molecule has 0 unspecified atom stereocenters. The maximum atomic E-state index is 6.12. The first-order valence-electron chi connectivity index (χ1n) is 9.83. The van der Waals surface area contributed by atoms with Crippen LogP contribution in [-0.2, 0) is 0 Å². The number of halogens is 1. The van der Waals surface area contributed by atoms with Crippen molar-refractivity contribution in [1.29, 1.82) is 0 Å². The summed E-state index contributed by atoms with van der Waals surface area (Å²) in [5.74, 6) is 1.40. The number of benzene rings is 2. The van der Waals surface area contributed by atoms with Crippen molar-refractivity contribution in [2.24, 2.45) is 0 Å². The molecule has 6 heteroatoms. The molecule has 2 aromatic carbocycles. The number of aromatic nitrogens is 2. The molecular formula is C23H24ClN5. The van der Waals surface area contributed by atoms with Crippen LogP contribution in [0.25, 0.3) is 11.1 Å². The number of nitrogens with one attached hydrogen (secondary N) is 2. The van der Waals surface area contributed by atoms with Crippen molar-refractivity contribution in [2.75, 3.05) is 36.8 Å². The standard InChI is InChI=1S/C23H24ClN5/c24-20-8-3-6-18(16-20)19-7-4-9-21(17-19)27-23-26-12-10-22(28-23)25-11-5-15-29-13-1-2-14-29/h1-4,6-10,12,16-17H,5,11,13-15H2,(H2,25,26,27,28). The van der Waals surface area contributed by atoms with Gasteiger partial charge in [-0.2, -0.15) is 4.98 Å². The van der Waals surface area contributed by atoms with Gasteiger partial charge in [-0.05, 0) is 47.9 Å². The number of hydrogen-bond donors (Lipinski definition) is 2. The number of anilines is 3. The van der Waals surface area contributed by atoms with Gasteiger partial charge < -0.3 is 10.6 Å². The Hall–Kier alpha value is -2.89. The van der Waals surface area contributed by atoms with Crippen LogP contribution in [0, 0.1) is 0 Å². The summed E-state index contributed by atoms with van der Waals surface area (Å²) in [5.41, 5.74) is 3.09. The molecule has 4 rings (SSSR count). The van der Waals surface area contributed by atoms with Gasteiger partial charge in [0.1, 0.15) is 5.82 Å². The average Bonchev–Trinajstić information content (AvgIpc) is 3.25. The molecule has 5 nitrogen and oxygen atoms in total. The van der Waals surface area contributed by atoms with E-state index in [9.17, 15) is 0 Å². The molecule has 0 saturated carbocycles. The van der Waals surface area contributed by atoms with E-state index in [0.717, 1.165) is 60.3 Å². The molecule has 0 spiro atoms. The normalized spacial score (nSPS) is 13.6. The van der Waals surface area contributed by atoms with E-state index in [1.54, 1.807) is 6.20 Å². The summed E-state index contributed by atoms with van der Waals surface area (Å²) in [4.78, 5) is 11.3. The zero-order valence-electron chi connectivity index (χ0n) is 16.2. The third kappa shape index (κ3) is 5.56. The van der Waals surface area contributed by atoms with Crippen molar-refractivity contribution in [3.05, 3.63) is 78.0 Å². The molecule has 29 heavy (non-hydrogen) atoms. The Balaban J connectivity index is 1.35. The lowest BCUT2D eigenvalue weighted by atomic mass is 10.1. The van der Waals surface area contributed by atoms with Crippen LogP contribution >= 0.6 is 11.6 Å². The second-order valence-electron chi connectivity index (χ2n) is 6.99. The van der Waals surface area contributed by atoms with Crippen molar-refractivity contribution in [1.82, 2.24) is 14.9 Å². The summed E-state index contributed by atoms with van der Waals surface area (Å²) in [6.07, 6.45) is 7.29. The second-order valence-corrected chi connectivity index (χ2v) is 7.43. The molecule has 1 aliphatic rings. The molecule has 2 N–H and O–H groups in total. The van der Waals surface area contributed by atoms with Crippen LogP contribution in [-0.4, -0.2) is 41.0 Å². The van der Waals surface area contributed by atoms with Gasteiger partial charge >= 0.3 is 0 Å². The molecule has 0 aliphatic carbocycles. The monoisotopic (exact) mass is 405 g/mol. The Morgan fingerprint density at radius 2 is 1.76 bits per heavy atom. The van der Waals surface area contributed by atoms with Crippen LogP contribution in [0.5, 0.6) is 0 Å². The Labute approximate surface area is 176 Å². The summed E-state index contributed by atoms with van der Waals surface area (Å²) in [6, 6.07) is 17.9. The second kappa shape index (κ2) is 9.54. The summed E-state index contributed by atoms with van der Waals surface area (Å²) in [7, 11) is 0. The van der Waals surface area contributed by atoms with Gasteiger partial charge in [0, 0.05) is 43.1 Å². The summed E-state index contributed by atoms with van der Waals surface area (Å²) < 4.78 is 0. The quantitative estimate of drug-likeness (QED) is 0.397. The van der Waals surface area contributed by atoms with Crippen molar-refractivity contribution >= 4 is 29.1 Å². The van der Waals surface area contributed by atoms with E-state index in [1.807, 2.05) is 42.5 Å². The van der Waals surface area contributed by atoms with Crippen LogP contribution in [0.3, 0.4) is 0 Å². The van der Waals surface area contributed by atoms with Gasteiger partial charge in [0.25, 0.3) is 0 Å². The number of rotatable bonds is 8. The minimum Gasteiger partial charge on any atom is -0.370 e. The van der Waals surface area contributed by atoms with Crippen molar-refractivity contribution < 1.29 is 0 Å². The SMILES string of the molecule is Clc1cccc(-c2cccc(Nc3nccc(NCCCN4CC=CC4)n3)c2)c1.